The Labute approximate surface area is 142 Å². The lowest BCUT2D eigenvalue weighted by atomic mass is 9.89. The van der Waals surface area contributed by atoms with Crippen molar-refractivity contribution in [2.75, 3.05) is 0 Å². The van der Waals surface area contributed by atoms with E-state index in [1.807, 2.05) is 0 Å². The molecule has 2 nitrogen and oxygen atoms in total. The zero-order valence-electron chi connectivity index (χ0n) is 14.8. The summed E-state index contributed by atoms with van der Waals surface area (Å²) in [6.45, 7) is 6.64. The number of hydrogen-bond acceptors (Lipinski definition) is 1. The van der Waals surface area contributed by atoms with Gasteiger partial charge in [0.2, 0.25) is 5.52 Å². The lowest BCUT2D eigenvalue weighted by molar-refractivity contribution is -0.644. The monoisotopic (exact) mass is 315 g/mol. The number of aromatic nitrogens is 2. The molecule has 0 amide bonds. The molecule has 1 unspecified atom stereocenters. The predicted octanol–water partition coefficient (Wildman–Crippen LogP) is 5.19. The molecule has 24 heavy (non-hydrogen) atoms. The van der Waals surface area contributed by atoms with Crippen molar-refractivity contribution in [1.82, 2.24) is 4.98 Å². The summed E-state index contributed by atoms with van der Waals surface area (Å²) in [5.74, 6) is 0.527. The fraction of sp³-hybridized carbons (Fsp3) is 0.273. The highest BCUT2D eigenvalue weighted by atomic mass is 15.0. The van der Waals surface area contributed by atoms with E-state index in [1.54, 1.807) is 0 Å². The van der Waals surface area contributed by atoms with Crippen LogP contribution in [0.25, 0.3) is 32.6 Å². The summed E-state index contributed by atoms with van der Waals surface area (Å²) in [7, 11) is 2.14. The van der Waals surface area contributed by atoms with Gasteiger partial charge >= 0.3 is 0 Å². The van der Waals surface area contributed by atoms with Crippen LogP contribution >= 0.6 is 0 Å². The highest BCUT2D eigenvalue weighted by Gasteiger charge is 2.21. The molecular formula is C22H23N2+. The van der Waals surface area contributed by atoms with Gasteiger partial charge in [0.25, 0.3) is 0 Å². The van der Waals surface area contributed by atoms with Crippen LogP contribution in [0.3, 0.4) is 0 Å². The third-order valence-electron chi connectivity index (χ3n) is 5.19. The smallest absolute Gasteiger partial charge is 0.239 e. The first-order valence-electron chi connectivity index (χ1n) is 8.72. The van der Waals surface area contributed by atoms with Gasteiger partial charge in [-0.2, -0.15) is 4.57 Å². The quantitative estimate of drug-likeness (QED) is 0.367. The molecule has 0 radical (unpaired) electrons. The Balaban J connectivity index is 2.37. The third kappa shape index (κ3) is 2.10. The second-order valence-electron chi connectivity index (χ2n) is 6.82. The minimum atomic E-state index is 0.527. The van der Waals surface area contributed by atoms with E-state index in [4.69, 9.17) is 4.98 Å². The van der Waals surface area contributed by atoms with Crippen LogP contribution in [0.5, 0.6) is 0 Å². The molecule has 4 rings (SSSR count). The number of aryl methyl sites for hydroxylation is 2. The second-order valence-corrected chi connectivity index (χ2v) is 6.82. The number of hydrogen-bond donors (Lipinski definition) is 0. The second kappa shape index (κ2) is 5.55. The molecule has 1 aromatic heterocycles. The van der Waals surface area contributed by atoms with Gasteiger partial charge < -0.3 is 0 Å². The van der Waals surface area contributed by atoms with Crippen LogP contribution < -0.4 is 4.57 Å². The van der Waals surface area contributed by atoms with E-state index in [1.165, 1.54) is 32.6 Å². The Morgan fingerprint density at radius 1 is 1.00 bits per heavy atom. The highest BCUT2D eigenvalue weighted by molar-refractivity contribution is 6.23. The van der Waals surface area contributed by atoms with Crippen molar-refractivity contribution in [3.63, 3.8) is 0 Å². The predicted molar refractivity (Wildman–Crippen MR) is 101 cm³/mol. The van der Waals surface area contributed by atoms with Crippen LogP contribution in [0.15, 0.2) is 48.7 Å². The van der Waals surface area contributed by atoms with Gasteiger partial charge in [0.15, 0.2) is 6.20 Å². The van der Waals surface area contributed by atoms with Crippen molar-refractivity contribution in [3.05, 3.63) is 59.9 Å². The Hall–Kier alpha value is -2.48. The molecular weight excluding hydrogens is 292 g/mol. The lowest BCUT2D eigenvalue weighted by Crippen LogP contribution is -2.30. The van der Waals surface area contributed by atoms with E-state index < -0.39 is 0 Å². The Bertz CT molecular complexity index is 1080. The summed E-state index contributed by atoms with van der Waals surface area (Å²) < 4.78 is 2.25. The fourth-order valence-electron chi connectivity index (χ4n) is 3.87. The minimum absolute atomic E-state index is 0.527. The molecule has 3 aromatic carbocycles. The van der Waals surface area contributed by atoms with Crippen molar-refractivity contribution in [2.24, 2.45) is 7.05 Å². The summed E-state index contributed by atoms with van der Waals surface area (Å²) >= 11 is 0. The molecule has 0 bridgehead atoms. The first-order chi connectivity index (χ1) is 11.6. The van der Waals surface area contributed by atoms with Crippen LogP contribution in [-0.4, -0.2) is 4.98 Å². The van der Waals surface area contributed by atoms with E-state index >= 15 is 0 Å². The van der Waals surface area contributed by atoms with Crippen LogP contribution in [0.4, 0.5) is 0 Å². The van der Waals surface area contributed by atoms with Gasteiger partial charge in [-0.1, -0.05) is 56.3 Å². The van der Waals surface area contributed by atoms with E-state index in [2.05, 4.69) is 81.0 Å². The molecule has 4 aromatic rings. The summed E-state index contributed by atoms with van der Waals surface area (Å²) in [6, 6.07) is 15.4. The molecule has 0 saturated carbocycles. The Kier molecular flexibility index (Phi) is 3.49. The average molecular weight is 315 g/mol. The van der Waals surface area contributed by atoms with Gasteiger partial charge in [-0.05, 0) is 35.6 Å². The third-order valence-corrected chi connectivity index (χ3v) is 5.19. The summed E-state index contributed by atoms with van der Waals surface area (Å²) in [5.41, 5.74) is 4.82. The Morgan fingerprint density at radius 3 is 2.46 bits per heavy atom. The normalized spacial score (nSPS) is 13.0. The number of fused-ring (bicyclic) bond motifs is 6. The first-order valence-corrected chi connectivity index (χ1v) is 8.72. The molecule has 120 valence electrons. The van der Waals surface area contributed by atoms with Crippen molar-refractivity contribution < 1.29 is 4.57 Å². The molecule has 1 atom stereocenters. The van der Waals surface area contributed by atoms with E-state index in [-0.39, 0.29) is 0 Å². The van der Waals surface area contributed by atoms with Gasteiger partial charge in [-0.3, -0.25) is 0 Å². The maximum absolute atomic E-state index is 4.92. The molecule has 2 heteroatoms. The van der Waals surface area contributed by atoms with Crippen LogP contribution in [-0.2, 0) is 7.05 Å². The number of rotatable bonds is 2. The largest absolute Gasteiger partial charge is 0.240 e. The van der Waals surface area contributed by atoms with Gasteiger partial charge in [-0.25, -0.2) is 4.98 Å². The van der Waals surface area contributed by atoms with Gasteiger partial charge in [0.1, 0.15) is 18.3 Å². The Morgan fingerprint density at radius 2 is 1.71 bits per heavy atom. The zero-order valence-corrected chi connectivity index (χ0v) is 14.8. The minimum Gasteiger partial charge on any atom is -0.240 e. The topological polar surface area (TPSA) is 16.8 Å². The molecule has 0 spiro atoms. The molecule has 1 heterocycles. The maximum atomic E-state index is 4.92. The number of benzene rings is 3. The van der Waals surface area contributed by atoms with Crippen molar-refractivity contribution in [3.8, 4) is 0 Å². The lowest BCUT2D eigenvalue weighted by Gasteiger charge is -2.15. The summed E-state index contributed by atoms with van der Waals surface area (Å²) in [5, 5.41) is 5.22. The standard InChI is InChI=1S/C22H23N2/c1-5-14(2)16-11-8-12-18-17-9-6-7-10-19(17)21-22(20(16)18)24(4)13-15(3)23-21/h6-14H,5H2,1-4H3/q+1. The van der Waals surface area contributed by atoms with Gasteiger partial charge in [-0.15, -0.1) is 0 Å². The van der Waals surface area contributed by atoms with Crippen molar-refractivity contribution in [1.29, 1.82) is 0 Å². The molecule has 0 fully saturated rings. The van der Waals surface area contributed by atoms with Gasteiger partial charge in [0.05, 0.1) is 5.39 Å². The molecule has 0 N–H and O–H groups in total. The van der Waals surface area contributed by atoms with Crippen LogP contribution in [0.2, 0.25) is 0 Å². The SMILES string of the molecule is CCC(C)c1cccc2c3ccccc3c3nc(C)c[n+](C)c3c12. The molecule has 0 aliphatic carbocycles. The van der Waals surface area contributed by atoms with E-state index in [9.17, 15) is 0 Å². The first kappa shape index (κ1) is 15.1. The molecule has 0 saturated heterocycles. The van der Waals surface area contributed by atoms with E-state index in [0.29, 0.717) is 5.92 Å². The van der Waals surface area contributed by atoms with Gasteiger partial charge in [0, 0.05) is 5.39 Å². The highest BCUT2D eigenvalue weighted by Crippen LogP contribution is 2.37. The molecule has 0 aliphatic rings. The summed E-state index contributed by atoms with van der Waals surface area (Å²) in [6.07, 6.45) is 3.26. The summed E-state index contributed by atoms with van der Waals surface area (Å²) in [4.78, 5) is 4.92. The average Bonchev–Trinajstić information content (AvgIpc) is 2.60. The van der Waals surface area contributed by atoms with Crippen molar-refractivity contribution >= 4 is 32.6 Å². The van der Waals surface area contributed by atoms with Crippen LogP contribution in [0, 0.1) is 6.92 Å². The maximum Gasteiger partial charge on any atom is 0.239 e. The molecule has 0 aliphatic heterocycles. The van der Waals surface area contributed by atoms with E-state index in [0.717, 1.165) is 17.6 Å². The fourth-order valence-corrected chi connectivity index (χ4v) is 3.87. The van der Waals surface area contributed by atoms with Crippen molar-refractivity contribution in [2.45, 2.75) is 33.1 Å². The number of nitrogens with zero attached hydrogens (tertiary/aromatic N) is 2. The zero-order chi connectivity index (χ0) is 16.8. The van der Waals surface area contributed by atoms with Crippen LogP contribution in [0.1, 0.15) is 37.4 Å².